The van der Waals surface area contributed by atoms with Gasteiger partial charge in [0.15, 0.2) is 0 Å². The summed E-state index contributed by atoms with van der Waals surface area (Å²) in [6, 6.07) is 18.2. The van der Waals surface area contributed by atoms with E-state index in [1.807, 2.05) is 36.4 Å². The van der Waals surface area contributed by atoms with Crippen molar-refractivity contribution in [2.75, 3.05) is 6.54 Å². The van der Waals surface area contributed by atoms with Gasteiger partial charge in [0.25, 0.3) is 11.8 Å². The van der Waals surface area contributed by atoms with Gasteiger partial charge in [-0.15, -0.1) is 0 Å². The number of rotatable bonds is 9. The third-order valence-corrected chi connectivity index (χ3v) is 5.19. The second-order valence-electron chi connectivity index (χ2n) is 7.53. The lowest BCUT2D eigenvalue weighted by Gasteiger charge is -2.28. The molecule has 1 aliphatic heterocycles. The molecule has 0 spiro atoms. The van der Waals surface area contributed by atoms with Gasteiger partial charge in [0.2, 0.25) is 5.60 Å². The lowest BCUT2D eigenvalue weighted by molar-refractivity contribution is -0.144. The Kier molecular flexibility index (Phi) is 7.43. The molecule has 8 nitrogen and oxygen atoms in total. The molecule has 0 saturated heterocycles. The van der Waals surface area contributed by atoms with E-state index in [0.29, 0.717) is 17.7 Å². The van der Waals surface area contributed by atoms with Gasteiger partial charge >= 0.3 is 7.12 Å². The number of oxime groups is 1. The monoisotopic (exact) mass is 423 g/mol. The second kappa shape index (κ2) is 10.2. The lowest BCUT2D eigenvalue weighted by atomic mass is 9.77. The number of amides is 2. The van der Waals surface area contributed by atoms with Crippen LogP contribution in [0.5, 0.6) is 0 Å². The van der Waals surface area contributed by atoms with Crippen molar-refractivity contribution >= 4 is 24.6 Å². The molecule has 0 bridgehead atoms. The first-order valence-corrected chi connectivity index (χ1v) is 10.2. The Labute approximate surface area is 181 Å². The highest BCUT2D eigenvalue weighted by atomic mass is 16.7. The van der Waals surface area contributed by atoms with Gasteiger partial charge in [0.1, 0.15) is 0 Å². The van der Waals surface area contributed by atoms with Crippen LogP contribution in [0.4, 0.5) is 0 Å². The number of hydrogen-bond acceptors (Lipinski definition) is 6. The van der Waals surface area contributed by atoms with Crippen molar-refractivity contribution in [2.24, 2.45) is 5.16 Å². The van der Waals surface area contributed by atoms with Crippen molar-refractivity contribution in [3.05, 3.63) is 71.8 Å². The van der Waals surface area contributed by atoms with Gasteiger partial charge < -0.3 is 25.5 Å². The molecule has 0 aliphatic carbocycles. The van der Waals surface area contributed by atoms with E-state index in [2.05, 4.69) is 15.8 Å². The van der Waals surface area contributed by atoms with Crippen molar-refractivity contribution in [3.8, 4) is 0 Å². The molecule has 0 fully saturated rings. The molecule has 0 radical (unpaired) electrons. The molecule has 3 rings (SSSR count). The summed E-state index contributed by atoms with van der Waals surface area (Å²) in [7, 11) is -1.69. The van der Waals surface area contributed by atoms with E-state index < -0.39 is 24.6 Å². The predicted octanol–water partition coefficient (Wildman–Crippen LogP) is 1.08. The quantitative estimate of drug-likeness (QED) is 0.450. The molecule has 1 aliphatic rings. The molecule has 4 N–H and O–H groups in total. The van der Waals surface area contributed by atoms with Crippen molar-refractivity contribution in [1.29, 1.82) is 0 Å². The van der Waals surface area contributed by atoms with Crippen LogP contribution >= 0.6 is 0 Å². The van der Waals surface area contributed by atoms with E-state index in [1.165, 1.54) is 0 Å². The third-order valence-electron chi connectivity index (χ3n) is 5.19. The molecule has 162 valence electrons. The SMILES string of the molecule is CC[C@H](NC(=O)C1(Cc2ccccc2)CC(CNC(=O)c2ccccc2)=NO1)B(O)O. The number of carbonyl (C=O) groups excluding carboxylic acids is 2. The fourth-order valence-electron chi connectivity index (χ4n) is 3.42. The minimum atomic E-state index is -1.69. The zero-order valence-corrected chi connectivity index (χ0v) is 17.3. The van der Waals surface area contributed by atoms with Gasteiger partial charge in [-0.3, -0.25) is 9.59 Å². The Balaban J connectivity index is 1.71. The van der Waals surface area contributed by atoms with Gasteiger partial charge in [-0.1, -0.05) is 60.6 Å². The highest BCUT2D eigenvalue weighted by Gasteiger charge is 2.47. The van der Waals surface area contributed by atoms with Crippen molar-refractivity contribution in [3.63, 3.8) is 0 Å². The average molecular weight is 423 g/mol. The van der Waals surface area contributed by atoms with Crippen LogP contribution in [-0.4, -0.2) is 52.8 Å². The summed E-state index contributed by atoms with van der Waals surface area (Å²) in [4.78, 5) is 31.1. The zero-order valence-electron chi connectivity index (χ0n) is 17.3. The standard InChI is InChI=1S/C22H26BN3O5/c1-2-19(23(29)30)25-21(28)22(13-16-9-5-3-6-10-16)14-18(26-31-22)15-24-20(27)17-11-7-4-8-12-17/h3-12,19,29-30H,2,13-15H2,1H3,(H,24,27)(H,25,28)/t19-,22?/m0/s1. The Morgan fingerprint density at radius 3 is 2.39 bits per heavy atom. The van der Waals surface area contributed by atoms with Crippen LogP contribution in [0.1, 0.15) is 35.7 Å². The first-order valence-electron chi connectivity index (χ1n) is 10.2. The molecule has 9 heteroatoms. The number of carbonyl (C=O) groups is 2. The maximum absolute atomic E-state index is 13.1. The molecule has 2 amide bonds. The second-order valence-corrected chi connectivity index (χ2v) is 7.53. The average Bonchev–Trinajstić information content (AvgIpc) is 3.20. The number of nitrogens with one attached hydrogen (secondary N) is 2. The Bertz CT molecular complexity index is 923. The molecule has 2 aromatic rings. The van der Waals surface area contributed by atoms with Crippen LogP contribution < -0.4 is 10.6 Å². The fraction of sp³-hybridized carbons (Fsp3) is 0.318. The lowest BCUT2D eigenvalue weighted by Crippen LogP contribution is -2.55. The van der Waals surface area contributed by atoms with Crippen LogP contribution in [0.3, 0.4) is 0 Å². The van der Waals surface area contributed by atoms with Gasteiger partial charge in [-0.25, -0.2) is 0 Å². The smallest absolute Gasteiger partial charge is 0.426 e. The third kappa shape index (κ3) is 5.71. The van der Waals surface area contributed by atoms with Crippen molar-refractivity contribution in [2.45, 2.75) is 37.7 Å². The molecule has 0 aromatic heterocycles. The van der Waals surface area contributed by atoms with E-state index in [9.17, 15) is 19.6 Å². The van der Waals surface area contributed by atoms with E-state index in [0.717, 1.165) is 5.56 Å². The van der Waals surface area contributed by atoms with Crippen LogP contribution in [-0.2, 0) is 16.1 Å². The summed E-state index contributed by atoms with van der Waals surface area (Å²) in [6.07, 6.45) is 0.754. The maximum atomic E-state index is 13.1. The van der Waals surface area contributed by atoms with Crippen LogP contribution in [0.2, 0.25) is 0 Å². The van der Waals surface area contributed by atoms with Gasteiger partial charge in [-0.2, -0.15) is 0 Å². The van der Waals surface area contributed by atoms with Crippen LogP contribution in [0.25, 0.3) is 0 Å². The first kappa shape index (κ1) is 22.5. The van der Waals surface area contributed by atoms with E-state index in [1.54, 1.807) is 31.2 Å². The summed E-state index contributed by atoms with van der Waals surface area (Å²) >= 11 is 0. The Morgan fingerprint density at radius 1 is 1.13 bits per heavy atom. The summed E-state index contributed by atoms with van der Waals surface area (Å²) < 4.78 is 0. The topological polar surface area (TPSA) is 120 Å². The molecular weight excluding hydrogens is 397 g/mol. The minimum absolute atomic E-state index is 0.136. The number of nitrogens with zero attached hydrogens (tertiary/aromatic N) is 1. The summed E-state index contributed by atoms with van der Waals surface area (Å²) in [5.74, 6) is -1.56. The molecule has 2 atom stereocenters. The summed E-state index contributed by atoms with van der Waals surface area (Å²) in [5.41, 5.74) is 0.585. The van der Waals surface area contributed by atoms with Crippen molar-refractivity contribution in [1.82, 2.24) is 10.6 Å². The molecule has 1 heterocycles. The van der Waals surface area contributed by atoms with E-state index in [-0.39, 0.29) is 25.3 Å². The van der Waals surface area contributed by atoms with Gasteiger partial charge in [0.05, 0.1) is 18.2 Å². The minimum Gasteiger partial charge on any atom is -0.426 e. The van der Waals surface area contributed by atoms with Crippen molar-refractivity contribution < 1.29 is 24.5 Å². The zero-order chi connectivity index (χ0) is 22.3. The Hall–Kier alpha value is -3.17. The maximum Gasteiger partial charge on any atom is 0.475 e. The summed E-state index contributed by atoms with van der Waals surface area (Å²) in [6.45, 7) is 1.88. The normalized spacial score (nSPS) is 18.5. The predicted molar refractivity (Wildman–Crippen MR) is 117 cm³/mol. The highest BCUT2D eigenvalue weighted by Crippen LogP contribution is 2.29. The molecule has 0 saturated carbocycles. The fourth-order valence-corrected chi connectivity index (χ4v) is 3.42. The van der Waals surface area contributed by atoms with Gasteiger partial charge in [0, 0.05) is 18.4 Å². The van der Waals surface area contributed by atoms with Crippen LogP contribution in [0, 0.1) is 0 Å². The van der Waals surface area contributed by atoms with Crippen LogP contribution in [0.15, 0.2) is 65.8 Å². The molecule has 2 aromatic carbocycles. The Morgan fingerprint density at radius 2 is 1.77 bits per heavy atom. The number of benzene rings is 2. The number of hydrogen-bond donors (Lipinski definition) is 4. The van der Waals surface area contributed by atoms with E-state index in [4.69, 9.17) is 4.84 Å². The van der Waals surface area contributed by atoms with Gasteiger partial charge in [-0.05, 0) is 24.1 Å². The molecular formula is C22H26BN3O5. The molecule has 1 unspecified atom stereocenters. The highest BCUT2D eigenvalue weighted by molar-refractivity contribution is 6.43. The largest absolute Gasteiger partial charge is 0.475 e. The van der Waals surface area contributed by atoms with E-state index >= 15 is 0 Å². The summed E-state index contributed by atoms with van der Waals surface area (Å²) in [5, 5.41) is 28.5. The molecule has 31 heavy (non-hydrogen) atoms. The first-order chi connectivity index (χ1) is 14.9.